The number of sulfonamides is 2. The summed E-state index contributed by atoms with van der Waals surface area (Å²) in [6, 6.07) is 15.2. The van der Waals surface area contributed by atoms with Gasteiger partial charge in [-0.25, -0.2) is 16.8 Å². The Kier molecular flexibility index (Phi) is 7.80. The van der Waals surface area contributed by atoms with E-state index < -0.39 is 32.0 Å². The van der Waals surface area contributed by atoms with Crippen molar-refractivity contribution < 1.29 is 21.6 Å². The number of carbonyl (C=O) groups excluding carboxylic acids is 1. The van der Waals surface area contributed by atoms with Gasteiger partial charge in [0, 0.05) is 5.69 Å². The predicted octanol–water partition coefficient (Wildman–Crippen LogP) is 4.51. The largest absolute Gasteiger partial charge is 0.324 e. The van der Waals surface area contributed by atoms with Gasteiger partial charge in [-0.05, 0) is 93.8 Å². The molecule has 0 unspecified atom stereocenters. The first-order valence-corrected chi connectivity index (χ1v) is 14.6. The number of anilines is 3. The molecule has 3 aromatic carbocycles. The summed E-state index contributed by atoms with van der Waals surface area (Å²) >= 11 is 0. The van der Waals surface area contributed by atoms with E-state index in [9.17, 15) is 21.6 Å². The average Bonchev–Trinajstić information content (AvgIpc) is 2.77. The second-order valence-corrected chi connectivity index (χ2v) is 12.5. The lowest BCUT2D eigenvalue weighted by molar-refractivity contribution is -0.116. The lowest BCUT2D eigenvalue weighted by Gasteiger charge is -2.28. The van der Waals surface area contributed by atoms with E-state index in [4.69, 9.17) is 0 Å². The molecule has 3 rings (SSSR count). The number of hydrogen-bond donors (Lipinski definition) is 2. The molecule has 0 saturated heterocycles. The number of rotatable bonds is 8. The molecule has 0 radical (unpaired) electrons. The smallest absolute Gasteiger partial charge is 0.261 e. The monoisotopic (exact) mass is 529 g/mol. The van der Waals surface area contributed by atoms with Crippen LogP contribution in [0.4, 0.5) is 17.1 Å². The second kappa shape index (κ2) is 10.3. The molecule has 0 fully saturated rings. The molecule has 0 aliphatic heterocycles. The van der Waals surface area contributed by atoms with Crippen LogP contribution in [0, 0.1) is 27.7 Å². The molecule has 0 aromatic heterocycles. The Balaban J connectivity index is 1.78. The fraction of sp³-hybridized carbons (Fsp3) is 0.269. The first-order valence-electron chi connectivity index (χ1n) is 11.3. The van der Waals surface area contributed by atoms with E-state index in [2.05, 4.69) is 10.0 Å². The number of nitrogens with one attached hydrogen (secondary N) is 2. The molecule has 36 heavy (non-hydrogen) atoms. The van der Waals surface area contributed by atoms with Crippen molar-refractivity contribution in [2.24, 2.45) is 0 Å². The van der Waals surface area contributed by atoms with Gasteiger partial charge in [0.15, 0.2) is 0 Å². The van der Waals surface area contributed by atoms with Crippen molar-refractivity contribution in [1.82, 2.24) is 0 Å². The van der Waals surface area contributed by atoms with Gasteiger partial charge in [-0.15, -0.1) is 0 Å². The molecule has 0 aliphatic carbocycles. The second-order valence-electron chi connectivity index (χ2n) is 8.94. The van der Waals surface area contributed by atoms with Crippen molar-refractivity contribution in [3.8, 4) is 0 Å². The maximum absolute atomic E-state index is 13.0. The van der Waals surface area contributed by atoms with Crippen molar-refractivity contribution in [3.63, 3.8) is 0 Å². The Morgan fingerprint density at radius 1 is 0.806 bits per heavy atom. The third-order valence-corrected chi connectivity index (χ3v) is 8.51. The normalized spacial score (nSPS) is 12.6. The molecule has 192 valence electrons. The number of carbonyl (C=O) groups is 1. The molecule has 10 heteroatoms. The summed E-state index contributed by atoms with van der Waals surface area (Å²) in [5.41, 5.74) is 4.95. The van der Waals surface area contributed by atoms with Crippen molar-refractivity contribution >= 4 is 43.0 Å². The highest BCUT2D eigenvalue weighted by Gasteiger charge is 2.29. The van der Waals surface area contributed by atoms with Crippen molar-refractivity contribution in [3.05, 3.63) is 82.9 Å². The minimum atomic E-state index is -3.84. The summed E-state index contributed by atoms with van der Waals surface area (Å²) in [7, 11) is -7.60. The molecule has 8 nitrogen and oxygen atoms in total. The molecule has 0 bridgehead atoms. The Morgan fingerprint density at radius 3 is 2.00 bits per heavy atom. The zero-order valence-corrected chi connectivity index (χ0v) is 22.8. The van der Waals surface area contributed by atoms with Gasteiger partial charge in [0.25, 0.3) is 10.0 Å². The fourth-order valence-electron chi connectivity index (χ4n) is 3.77. The van der Waals surface area contributed by atoms with Crippen LogP contribution in [0.3, 0.4) is 0 Å². The van der Waals surface area contributed by atoms with Gasteiger partial charge in [-0.2, -0.15) is 0 Å². The molecule has 0 aliphatic rings. The maximum Gasteiger partial charge on any atom is 0.261 e. The van der Waals surface area contributed by atoms with Crippen LogP contribution in [0.25, 0.3) is 0 Å². The minimum absolute atomic E-state index is 0.0291. The van der Waals surface area contributed by atoms with E-state index >= 15 is 0 Å². The highest BCUT2D eigenvalue weighted by Crippen LogP contribution is 2.25. The third kappa shape index (κ3) is 6.24. The summed E-state index contributed by atoms with van der Waals surface area (Å²) in [6.07, 6.45) is 1.05. The van der Waals surface area contributed by atoms with Gasteiger partial charge in [0.05, 0.1) is 22.5 Å². The maximum atomic E-state index is 13.0. The Bertz CT molecular complexity index is 1500. The van der Waals surface area contributed by atoms with Crippen molar-refractivity contribution in [2.75, 3.05) is 20.6 Å². The average molecular weight is 530 g/mol. The molecular weight excluding hydrogens is 498 g/mol. The number of nitrogens with zero attached hydrogens (tertiary/aromatic N) is 1. The minimum Gasteiger partial charge on any atom is -0.324 e. The van der Waals surface area contributed by atoms with Crippen LogP contribution < -0.4 is 14.3 Å². The summed E-state index contributed by atoms with van der Waals surface area (Å²) in [6.45, 7) is 9.03. The standard InChI is InChI=1S/C26H31N3O5S2/c1-17-7-14-25(20(4)15-17)28-36(33,34)24-12-9-22(10-13-24)27-26(30)21(5)29(35(6,31)32)23-11-8-18(2)19(3)16-23/h7-16,21,28H,1-6H3,(H,27,30)/t21-/m1/s1. The van der Waals surface area contributed by atoms with Crippen LogP contribution >= 0.6 is 0 Å². The Morgan fingerprint density at radius 2 is 1.44 bits per heavy atom. The number of benzene rings is 3. The molecule has 3 aromatic rings. The fourth-order valence-corrected chi connectivity index (χ4v) is 6.06. The van der Waals surface area contributed by atoms with Crippen molar-refractivity contribution in [1.29, 1.82) is 0 Å². The lowest BCUT2D eigenvalue weighted by atomic mass is 10.1. The van der Waals surface area contributed by atoms with Gasteiger partial charge in [-0.1, -0.05) is 23.8 Å². The topological polar surface area (TPSA) is 113 Å². The quantitative estimate of drug-likeness (QED) is 0.446. The van der Waals surface area contributed by atoms with E-state index in [1.165, 1.54) is 31.2 Å². The van der Waals surface area contributed by atoms with E-state index in [-0.39, 0.29) is 4.90 Å². The van der Waals surface area contributed by atoms with Gasteiger partial charge in [0.1, 0.15) is 6.04 Å². The summed E-state index contributed by atoms with van der Waals surface area (Å²) in [5.74, 6) is -0.553. The first-order chi connectivity index (χ1) is 16.7. The predicted molar refractivity (Wildman–Crippen MR) is 144 cm³/mol. The van der Waals surface area contributed by atoms with Crippen LogP contribution in [0.15, 0.2) is 65.6 Å². The van der Waals surface area contributed by atoms with Gasteiger partial charge in [0.2, 0.25) is 15.9 Å². The summed E-state index contributed by atoms with van der Waals surface area (Å²) < 4.78 is 54.4. The van der Waals surface area contributed by atoms with E-state index in [0.717, 1.165) is 32.8 Å². The van der Waals surface area contributed by atoms with Crippen LogP contribution in [-0.2, 0) is 24.8 Å². The van der Waals surface area contributed by atoms with Crippen LogP contribution in [0.2, 0.25) is 0 Å². The van der Waals surface area contributed by atoms with Crippen LogP contribution in [0.1, 0.15) is 29.2 Å². The first kappa shape index (κ1) is 27.2. The zero-order chi connectivity index (χ0) is 26.8. The SMILES string of the molecule is Cc1ccc(NS(=O)(=O)c2ccc(NC(=O)[C@@H](C)N(c3ccc(C)c(C)c3)S(C)(=O)=O)cc2)c(C)c1. The summed E-state index contributed by atoms with van der Waals surface area (Å²) in [5, 5.41) is 2.67. The number of aryl methyl sites for hydroxylation is 4. The highest BCUT2D eigenvalue weighted by atomic mass is 32.2. The van der Waals surface area contributed by atoms with E-state index in [1.54, 1.807) is 24.3 Å². The molecule has 0 saturated carbocycles. The lowest BCUT2D eigenvalue weighted by Crippen LogP contribution is -2.45. The van der Waals surface area contributed by atoms with Gasteiger partial charge in [-0.3, -0.25) is 13.8 Å². The summed E-state index contributed by atoms with van der Waals surface area (Å²) in [4.78, 5) is 13.0. The van der Waals surface area contributed by atoms with E-state index in [1.807, 2.05) is 39.8 Å². The van der Waals surface area contributed by atoms with Gasteiger partial charge < -0.3 is 5.32 Å². The van der Waals surface area contributed by atoms with Crippen molar-refractivity contribution in [2.45, 2.75) is 45.6 Å². The molecule has 2 N–H and O–H groups in total. The Hall–Kier alpha value is -3.37. The number of amides is 1. The Labute approximate surface area is 213 Å². The van der Waals surface area contributed by atoms with Crippen LogP contribution in [0.5, 0.6) is 0 Å². The number of hydrogen-bond acceptors (Lipinski definition) is 5. The van der Waals surface area contributed by atoms with E-state index in [0.29, 0.717) is 17.1 Å². The zero-order valence-electron chi connectivity index (χ0n) is 21.2. The molecular formula is C26H31N3O5S2. The molecule has 0 spiro atoms. The van der Waals surface area contributed by atoms with Crippen LogP contribution in [-0.4, -0.2) is 35.0 Å². The molecule has 1 atom stereocenters. The third-order valence-electron chi connectivity index (χ3n) is 5.89. The molecule has 1 amide bonds. The van der Waals surface area contributed by atoms with Gasteiger partial charge >= 0.3 is 0 Å². The molecule has 0 heterocycles. The highest BCUT2D eigenvalue weighted by molar-refractivity contribution is 7.92.